The molecule has 62 valence electrons. The van der Waals surface area contributed by atoms with Crippen LogP contribution in [0.25, 0.3) is 0 Å². The Morgan fingerprint density at radius 2 is 2.20 bits per heavy atom. The van der Waals surface area contributed by atoms with Crippen LogP contribution in [0, 0.1) is 0 Å². The molecule has 0 heterocycles. The molecular weight excluding hydrogens is 158 g/mol. The fourth-order valence-electron chi connectivity index (χ4n) is 0.303. The van der Waals surface area contributed by atoms with Crippen LogP contribution in [0.15, 0.2) is 0 Å². The molecule has 0 aromatic rings. The Labute approximate surface area is 65.8 Å². The third-order valence-electron chi connectivity index (χ3n) is 1.02. The molecule has 0 spiro atoms. The lowest BCUT2D eigenvalue weighted by Gasteiger charge is -2.16. The van der Waals surface area contributed by atoms with E-state index < -0.39 is 11.6 Å². The molecule has 4 nitrogen and oxygen atoms in total. The number of halogens is 1. The van der Waals surface area contributed by atoms with Gasteiger partial charge in [-0.25, -0.2) is 4.79 Å². The fourth-order valence-corrected chi connectivity index (χ4v) is 0.303. The average molecular weight is 170 g/mol. The lowest BCUT2D eigenvalue weighted by molar-refractivity contribution is -0.159. The van der Waals surface area contributed by atoms with Gasteiger partial charge in [-0.1, -0.05) is 0 Å². The van der Waals surface area contributed by atoms with Crippen LogP contribution in [0.5, 0.6) is 0 Å². The summed E-state index contributed by atoms with van der Waals surface area (Å²) in [6.07, 6.45) is 0. The maximum absolute atomic E-state index is 10.5. The first kappa shape index (κ1) is 12.4. The molecule has 0 aliphatic heterocycles. The van der Waals surface area contributed by atoms with E-state index >= 15 is 0 Å². The molecule has 5 heteroatoms. The molecule has 0 radical (unpaired) electrons. The van der Waals surface area contributed by atoms with E-state index in [9.17, 15) is 4.79 Å². The Kier molecular flexibility index (Phi) is 5.55. The van der Waals surface area contributed by atoms with Crippen molar-refractivity contribution >= 4 is 18.4 Å². The van der Waals surface area contributed by atoms with Crippen molar-refractivity contribution in [3.8, 4) is 0 Å². The summed E-state index contributed by atoms with van der Waals surface area (Å²) < 4.78 is 4.24. The van der Waals surface area contributed by atoms with E-state index in [0.29, 0.717) is 0 Å². The van der Waals surface area contributed by atoms with Gasteiger partial charge in [0.2, 0.25) is 0 Å². The summed E-state index contributed by atoms with van der Waals surface area (Å²) in [7, 11) is 1.20. The summed E-state index contributed by atoms with van der Waals surface area (Å²) in [6.45, 7) is 1.18. The van der Waals surface area contributed by atoms with Crippen LogP contribution in [-0.2, 0) is 9.53 Å². The van der Waals surface area contributed by atoms with E-state index in [1.165, 1.54) is 14.0 Å². The van der Waals surface area contributed by atoms with Gasteiger partial charge >= 0.3 is 5.97 Å². The summed E-state index contributed by atoms with van der Waals surface area (Å²) in [5, 5.41) is 8.99. The highest BCUT2D eigenvalue weighted by Crippen LogP contribution is 2.01. The molecule has 0 aliphatic rings. The van der Waals surface area contributed by atoms with Gasteiger partial charge < -0.3 is 15.6 Å². The maximum Gasteiger partial charge on any atom is 0.338 e. The molecule has 0 rings (SSSR count). The molecule has 0 aromatic carbocycles. The minimum Gasteiger partial charge on any atom is -0.467 e. The predicted molar refractivity (Wildman–Crippen MR) is 38.9 cm³/mol. The van der Waals surface area contributed by atoms with E-state index in [0.717, 1.165) is 0 Å². The van der Waals surface area contributed by atoms with Crippen LogP contribution in [-0.4, -0.2) is 30.3 Å². The number of nitrogens with two attached hydrogens (primary N) is 1. The minimum atomic E-state index is -1.53. The molecular formula is C5H12ClNO3. The molecule has 0 bridgehead atoms. The normalized spacial score (nSPS) is 14.8. The van der Waals surface area contributed by atoms with E-state index in [-0.39, 0.29) is 19.0 Å². The highest BCUT2D eigenvalue weighted by Gasteiger charge is 2.28. The van der Waals surface area contributed by atoms with E-state index in [1.807, 2.05) is 0 Å². The summed E-state index contributed by atoms with van der Waals surface area (Å²) in [5.74, 6) is -0.704. The molecule has 1 atom stereocenters. The molecule has 0 fully saturated rings. The van der Waals surface area contributed by atoms with Crippen molar-refractivity contribution < 1.29 is 14.6 Å². The molecule has 0 aromatic heterocycles. The number of methoxy groups -OCH3 is 1. The van der Waals surface area contributed by atoms with Gasteiger partial charge in [-0.2, -0.15) is 0 Å². The Morgan fingerprint density at radius 1 is 1.80 bits per heavy atom. The summed E-state index contributed by atoms with van der Waals surface area (Å²) in [5.41, 5.74) is 3.50. The van der Waals surface area contributed by atoms with Crippen LogP contribution in [0.2, 0.25) is 0 Å². The van der Waals surface area contributed by atoms with Gasteiger partial charge in [0, 0.05) is 6.54 Å². The van der Waals surface area contributed by atoms with Crippen LogP contribution in [0.4, 0.5) is 0 Å². The number of esters is 1. The molecule has 10 heavy (non-hydrogen) atoms. The first-order valence-corrected chi connectivity index (χ1v) is 2.55. The standard InChI is InChI=1S/C5H11NO3.ClH/c1-5(8,3-6)4(7)9-2;/h8H,3,6H2,1-2H3;1H. The van der Waals surface area contributed by atoms with Gasteiger partial charge in [-0.05, 0) is 6.92 Å². The molecule has 0 saturated carbocycles. The van der Waals surface area contributed by atoms with Crippen LogP contribution in [0.3, 0.4) is 0 Å². The Morgan fingerprint density at radius 3 is 2.30 bits per heavy atom. The minimum absolute atomic E-state index is 0. The zero-order valence-corrected chi connectivity index (χ0v) is 6.77. The molecule has 3 N–H and O–H groups in total. The number of hydrogen-bond acceptors (Lipinski definition) is 4. The fraction of sp³-hybridized carbons (Fsp3) is 0.800. The summed E-state index contributed by atoms with van der Waals surface area (Å²) in [6, 6.07) is 0. The first-order chi connectivity index (χ1) is 4.04. The zero-order valence-electron chi connectivity index (χ0n) is 5.96. The second kappa shape index (κ2) is 4.49. The van der Waals surface area contributed by atoms with Gasteiger partial charge in [0.05, 0.1) is 7.11 Å². The van der Waals surface area contributed by atoms with Crippen LogP contribution < -0.4 is 5.73 Å². The second-order valence-electron chi connectivity index (χ2n) is 1.97. The third-order valence-corrected chi connectivity index (χ3v) is 1.02. The Balaban J connectivity index is 0. The molecule has 1 unspecified atom stereocenters. The van der Waals surface area contributed by atoms with Gasteiger partial charge in [0.15, 0.2) is 5.60 Å². The number of carbonyl (C=O) groups excluding carboxylic acids is 1. The van der Waals surface area contributed by atoms with Crippen molar-refractivity contribution in [3.05, 3.63) is 0 Å². The number of hydrogen-bond donors (Lipinski definition) is 2. The van der Waals surface area contributed by atoms with E-state index in [2.05, 4.69) is 4.74 Å². The second-order valence-corrected chi connectivity index (χ2v) is 1.97. The number of ether oxygens (including phenoxy) is 1. The van der Waals surface area contributed by atoms with Gasteiger partial charge in [0.25, 0.3) is 0 Å². The first-order valence-electron chi connectivity index (χ1n) is 2.55. The van der Waals surface area contributed by atoms with Crippen molar-refractivity contribution in [2.24, 2.45) is 5.73 Å². The molecule has 0 saturated heterocycles. The highest BCUT2D eigenvalue weighted by atomic mass is 35.5. The highest BCUT2D eigenvalue weighted by molar-refractivity contribution is 5.85. The van der Waals surface area contributed by atoms with Crippen molar-refractivity contribution in [1.29, 1.82) is 0 Å². The lowest BCUT2D eigenvalue weighted by atomic mass is 10.1. The largest absolute Gasteiger partial charge is 0.467 e. The zero-order chi connectivity index (χ0) is 7.49. The van der Waals surface area contributed by atoms with Crippen LogP contribution >= 0.6 is 12.4 Å². The number of aliphatic hydroxyl groups is 1. The molecule has 0 amide bonds. The van der Waals surface area contributed by atoms with Gasteiger partial charge in [0.1, 0.15) is 0 Å². The smallest absolute Gasteiger partial charge is 0.338 e. The predicted octanol–water partition coefficient (Wildman–Crippen LogP) is -0.709. The summed E-state index contributed by atoms with van der Waals surface area (Å²) in [4.78, 5) is 10.5. The summed E-state index contributed by atoms with van der Waals surface area (Å²) >= 11 is 0. The Hall–Kier alpha value is -0.320. The Bertz CT molecular complexity index is 115. The maximum atomic E-state index is 10.5. The van der Waals surface area contributed by atoms with Crippen molar-refractivity contribution in [1.82, 2.24) is 0 Å². The van der Waals surface area contributed by atoms with E-state index in [1.54, 1.807) is 0 Å². The van der Waals surface area contributed by atoms with Crippen molar-refractivity contribution in [3.63, 3.8) is 0 Å². The van der Waals surface area contributed by atoms with Crippen molar-refractivity contribution in [2.75, 3.05) is 13.7 Å². The van der Waals surface area contributed by atoms with Gasteiger partial charge in [-0.15, -0.1) is 12.4 Å². The van der Waals surface area contributed by atoms with Gasteiger partial charge in [-0.3, -0.25) is 0 Å². The monoisotopic (exact) mass is 169 g/mol. The van der Waals surface area contributed by atoms with Crippen LogP contribution in [0.1, 0.15) is 6.92 Å². The van der Waals surface area contributed by atoms with Crippen molar-refractivity contribution in [2.45, 2.75) is 12.5 Å². The topological polar surface area (TPSA) is 72.5 Å². The van der Waals surface area contributed by atoms with E-state index in [4.69, 9.17) is 10.8 Å². The SMILES string of the molecule is COC(=O)C(C)(O)CN.Cl. The number of rotatable bonds is 2. The quantitative estimate of drug-likeness (QED) is 0.536. The average Bonchev–Trinajstić information content (AvgIpc) is 1.86. The number of carbonyl (C=O) groups is 1. The lowest BCUT2D eigenvalue weighted by Crippen LogP contribution is -2.43. The molecule has 0 aliphatic carbocycles. The third kappa shape index (κ3) is 3.00.